The number of amides is 1. The molecule has 0 radical (unpaired) electrons. The van der Waals surface area contributed by atoms with E-state index in [2.05, 4.69) is 52.7 Å². The number of aromatic amines is 1. The summed E-state index contributed by atoms with van der Waals surface area (Å²) in [5.41, 5.74) is 3.51. The Balaban J connectivity index is 1.10. The average Bonchev–Trinajstić information content (AvgIpc) is 3.27. The number of hydrogen-bond acceptors (Lipinski definition) is 2. The molecule has 1 aliphatic rings. The van der Waals surface area contributed by atoms with Crippen LogP contribution in [0.5, 0.6) is 0 Å². The molecule has 1 aliphatic carbocycles. The molecule has 0 spiro atoms. The highest BCUT2D eigenvalue weighted by Gasteiger charge is 2.22. The van der Waals surface area contributed by atoms with Crippen LogP contribution in [0.15, 0.2) is 54.7 Å². The van der Waals surface area contributed by atoms with Crippen molar-refractivity contribution < 1.29 is 4.79 Å². The normalized spacial score (nSPS) is 18.5. The highest BCUT2D eigenvalue weighted by atomic mass is 35.5. The first-order valence-corrected chi connectivity index (χ1v) is 13.4. The lowest BCUT2D eigenvalue weighted by Gasteiger charge is -2.30. The number of H-pyrrole nitrogens is 1. The quantitative estimate of drug-likeness (QED) is 0.284. The van der Waals surface area contributed by atoms with Gasteiger partial charge in [0.25, 0.3) is 0 Å². The Morgan fingerprint density at radius 3 is 2.69 bits per heavy atom. The summed E-state index contributed by atoms with van der Waals surface area (Å²) >= 11 is 12.0. The van der Waals surface area contributed by atoms with Crippen molar-refractivity contribution in [3.8, 4) is 0 Å². The number of para-hydroxylation sites is 1. The third kappa shape index (κ3) is 7.60. The van der Waals surface area contributed by atoms with E-state index < -0.39 is 0 Å². The number of halogens is 2. The van der Waals surface area contributed by atoms with Gasteiger partial charge in [-0.05, 0) is 106 Å². The van der Waals surface area contributed by atoms with E-state index in [-0.39, 0.29) is 11.9 Å². The molecule has 1 amide bonds. The summed E-state index contributed by atoms with van der Waals surface area (Å²) in [7, 11) is 2.24. The van der Waals surface area contributed by atoms with Gasteiger partial charge in [-0.2, -0.15) is 0 Å². The second-order valence-corrected chi connectivity index (χ2v) is 10.6. The minimum absolute atomic E-state index is 0.0468. The number of benzene rings is 2. The van der Waals surface area contributed by atoms with Crippen molar-refractivity contribution in [2.24, 2.45) is 5.92 Å². The first-order valence-electron chi connectivity index (χ1n) is 12.6. The largest absolute Gasteiger partial charge is 0.361 e. The van der Waals surface area contributed by atoms with E-state index in [0.717, 1.165) is 43.8 Å². The van der Waals surface area contributed by atoms with Crippen LogP contribution in [0.1, 0.15) is 49.7 Å². The number of nitrogens with one attached hydrogen (secondary N) is 2. The Morgan fingerprint density at radius 1 is 1.09 bits per heavy atom. The van der Waals surface area contributed by atoms with Crippen molar-refractivity contribution in [1.82, 2.24) is 15.2 Å². The average molecular weight is 513 g/mol. The van der Waals surface area contributed by atoms with Gasteiger partial charge < -0.3 is 15.2 Å². The molecule has 4 rings (SSSR count). The SMILES string of the molecule is CN(CCCc1c[nH]c2ccccc12)CCC1CCC(NC(=O)/C=C/c2ccc(Cl)c(Cl)c2)CC1. The number of carbonyl (C=O) groups is 1. The molecule has 1 saturated carbocycles. The maximum absolute atomic E-state index is 12.3. The molecule has 6 heteroatoms. The molecule has 0 unspecified atom stereocenters. The highest BCUT2D eigenvalue weighted by molar-refractivity contribution is 6.42. The molecule has 2 aromatic carbocycles. The number of hydrogen-bond donors (Lipinski definition) is 2. The maximum Gasteiger partial charge on any atom is 0.244 e. The van der Waals surface area contributed by atoms with E-state index >= 15 is 0 Å². The van der Waals surface area contributed by atoms with Gasteiger partial charge in [0.05, 0.1) is 10.0 Å². The molecular formula is C29H35Cl2N3O. The standard InChI is InChI=1S/C29H35Cl2N3O/c1-34(17-4-5-23-20-32-28-7-3-2-6-25(23)28)18-16-21-8-12-24(13-9-21)33-29(35)15-11-22-10-14-26(30)27(31)19-22/h2-3,6-7,10-11,14-15,19-21,24,32H,4-5,8-9,12-13,16-18H2,1H3,(H,33,35)/b15-11+. The Labute approximate surface area is 218 Å². The van der Waals surface area contributed by atoms with Gasteiger partial charge in [0, 0.05) is 29.2 Å². The van der Waals surface area contributed by atoms with Crippen LogP contribution < -0.4 is 5.32 Å². The Bertz CT molecular complexity index is 1150. The molecule has 1 fully saturated rings. The van der Waals surface area contributed by atoms with Gasteiger partial charge in [-0.1, -0.05) is 47.5 Å². The van der Waals surface area contributed by atoms with Gasteiger partial charge in [-0.25, -0.2) is 0 Å². The van der Waals surface area contributed by atoms with Crippen LogP contribution in [-0.4, -0.2) is 42.0 Å². The van der Waals surface area contributed by atoms with Crippen LogP contribution in [0.25, 0.3) is 17.0 Å². The van der Waals surface area contributed by atoms with Crippen molar-refractivity contribution in [2.75, 3.05) is 20.1 Å². The van der Waals surface area contributed by atoms with Crippen molar-refractivity contribution in [1.29, 1.82) is 0 Å². The molecule has 3 aromatic rings. The lowest BCUT2D eigenvalue weighted by atomic mass is 9.84. The number of rotatable bonds is 10. The van der Waals surface area contributed by atoms with E-state index in [1.807, 2.05) is 6.07 Å². The van der Waals surface area contributed by atoms with Gasteiger partial charge in [0.1, 0.15) is 0 Å². The lowest BCUT2D eigenvalue weighted by Crippen LogP contribution is -2.37. The zero-order chi connectivity index (χ0) is 24.6. The highest BCUT2D eigenvalue weighted by Crippen LogP contribution is 2.27. The summed E-state index contributed by atoms with van der Waals surface area (Å²) in [5.74, 6) is 0.709. The van der Waals surface area contributed by atoms with Crippen LogP contribution in [-0.2, 0) is 11.2 Å². The van der Waals surface area contributed by atoms with E-state index in [1.165, 1.54) is 42.1 Å². The predicted molar refractivity (Wildman–Crippen MR) is 148 cm³/mol. The van der Waals surface area contributed by atoms with E-state index in [0.29, 0.717) is 10.0 Å². The zero-order valence-corrected chi connectivity index (χ0v) is 21.9. The number of aryl methyl sites for hydroxylation is 1. The maximum atomic E-state index is 12.3. The predicted octanol–water partition coefficient (Wildman–Crippen LogP) is 7.12. The van der Waals surface area contributed by atoms with Crippen LogP contribution in [0.4, 0.5) is 0 Å². The molecule has 186 valence electrons. The van der Waals surface area contributed by atoms with Gasteiger partial charge in [-0.15, -0.1) is 0 Å². The molecule has 0 bridgehead atoms. The third-order valence-electron chi connectivity index (χ3n) is 7.14. The minimum atomic E-state index is -0.0468. The van der Waals surface area contributed by atoms with Crippen LogP contribution >= 0.6 is 23.2 Å². The topological polar surface area (TPSA) is 48.1 Å². The fourth-order valence-corrected chi connectivity index (χ4v) is 5.33. The summed E-state index contributed by atoms with van der Waals surface area (Å²) in [4.78, 5) is 18.2. The molecule has 0 atom stereocenters. The summed E-state index contributed by atoms with van der Waals surface area (Å²) < 4.78 is 0. The molecule has 1 aromatic heterocycles. The van der Waals surface area contributed by atoms with Crippen LogP contribution in [0, 0.1) is 5.92 Å². The molecule has 4 nitrogen and oxygen atoms in total. The lowest BCUT2D eigenvalue weighted by molar-refractivity contribution is -0.117. The molecule has 0 aliphatic heterocycles. The number of aromatic nitrogens is 1. The summed E-state index contributed by atoms with van der Waals surface area (Å²) in [6.07, 6.45) is 13.5. The molecule has 35 heavy (non-hydrogen) atoms. The van der Waals surface area contributed by atoms with Crippen molar-refractivity contribution in [3.05, 3.63) is 75.9 Å². The Hall–Kier alpha value is -2.27. The second-order valence-electron chi connectivity index (χ2n) is 9.79. The van der Waals surface area contributed by atoms with Crippen LogP contribution in [0.2, 0.25) is 10.0 Å². The molecule has 0 saturated heterocycles. The fraction of sp³-hybridized carbons (Fsp3) is 0.414. The van der Waals surface area contributed by atoms with Gasteiger partial charge in [0.15, 0.2) is 0 Å². The number of nitrogens with zero attached hydrogens (tertiary/aromatic N) is 1. The monoisotopic (exact) mass is 511 g/mol. The van der Waals surface area contributed by atoms with Gasteiger partial charge >= 0.3 is 0 Å². The van der Waals surface area contributed by atoms with E-state index in [1.54, 1.807) is 24.3 Å². The summed E-state index contributed by atoms with van der Waals surface area (Å²) in [6.45, 7) is 2.26. The first-order chi connectivity index (χ1) is 17.0. The number of carbonyl (C=O) groups excluding carboxylic acids is 1. The van der Waals surface area contributed by atoms with E-state index in [4.69, 9.17) is 23.2 Å². The fourth-order valence-electron chi connectivity index (χ4n) is 5.03. The van der Waals surface area contributed by atoms with Gasteiger partial charge in [-0.3, -0.25) is 4.79 Å². The summed E-state index contributed by atoms with van der Waals surface area (Å²) in [6, 6.07) is 14.2. The van der Waals surface area contributed by atoms with E-state index in [9.17, 15) is 4.79 Å². The van der Waals surface area contributed by atoms with Crippen molar-refractivity contribution >= 4 is 46.1 Å². The molecule has 1 heterocycles. The molecule has 2 N–H and O–H groups in total. The second kappa shape index (κ2) is 12.6. The van der Waals surface area contributed by atoms with Crippen molar-refractivity contribution in [3.63, 3.8) is 0 Å². The zero-order valence-electron chi connectivity index (χ0n) is 20.4. The van der Waals surface area contributed by atoms with Crippen molar-refractivity contribution in [2.45, 2.75) is 51.0 Å². The first kappa shape index (κ1) is 25.8. The van der Waals surface area contributed by atoms with Crippen LogP contribution in [0.3, 0.4) is 0 Å². The minimum Gasteiger partial charge on any atom is -0.361 e. The smallest absolute Gasteiger partial charge is 0.244 e. The van der Waals surface area contributed by atoms with Gasteiger partial charge in [0.2, 0.25) is 5.91 Å². The summed E-state index contributed by atoms with van der Waals surface area (Å²) in [5, 5.41) is 5.52. The Morgan fingerprint density at radius 2 is 1.89 bits per heavy atom. The number of fused-ring (bicyclic) bond motifs is 1. The Kier molecular flexibility index (Phi) is 9.31. The molecular weight excluding hydrogens is 477 g/mol. The third-order valence-corrected chi connectivity index (χ3v) is 7.88.